The number of nitrogens with two attached hydrogens (primary N) is 1. The van der Waals surface area contributed by atoms with Crippen molar-refractivity contribution < 1.29 is 9.90 Å². The average Bonchev–Trinajstić information content (AvgIpc) is 1.97. The molecule has 86 valence electrons. The zero-order valence-corrected chi connectivity index (χ0v) is 10.3. The second kappa shape index (κ2) is 5.56. The zero-order chi connectivity index (χ0) is 10.7. The fraction of sp³-hybridized carbons (Fsp3) is 0.900. The average molecular weight is 224 g/mol. The van der Waals surface area contributed by atoms with E-state index in [1.165, 1.54) is 0 Å². The molecule has 0 bridgehead atoms. The van der Waals surface area contributed by atoms with E-state index in [1.54, 1.807) is 0 Å². The van der Waals surface area contributed by atoms with E-state index < -0.39 is 16.9 Å². The summed E-state index contributed by atoms with van der Waals surface area (Å²) < 4.78 is 0. The molecule has 0 spiro atoms. The second-order valence-corrected chi connectivity index (χ2v) is 4.63. The van der Waals surface area contributed by atoms with E-state index in [4.69, 9.17) is 10.8 Å². The number of carbonyl (C=O) groups is 1. The first-order valence-electron chi connectivity index (χ1n) is 4.78. The Labute approximate surface area is 92.5 Å². The highest BCUT2D eigenvalue weighted by Gasteiger charge is 2.44. The van der Waals surface area contributed by atoms with Crippen molar-refractivity contribution in [3.63, 3.8) is 0 Å². The number of carboxylic acid groups (broad SMARTS) is 1. The Balaban J connectivity index is 0. The van der Waals surface area contributed by atoms with Crippen LogP contribution in [-0.4, -0.2) is 16.6 Å². The van der Waals surface area contributed by atoms with Gasteiger partial charge in [-0.15, -0.1) is 12.4 Å². The lowest BCUT2D eigenvalue weighted by atomic mass is 9.71. The van der Waals surface area contributed by atoms with Crippen molar-refractivity contribution in [1.29, 1.82) is 0 Å². The molecule has 0 saturated carbocycles. The fourth-order valence-corrected chi connectivity index (χ4v) is 1.26. The van der Waals surface area contributed by atoms with Gasteiger partial charge >= 0.3 is 5.97 Å². The van der Waals surface area contributed by atoms with E-state index in [9.17, 15) is 4.79 Å². The summed E-state index contributed by atoms with van der Waals surface area (Å²) in [7, 11) is 0. The van der Waals surface area contributed by atoms with Gasteiger partial charge in [0, 0.05) is 0 Å². The van der Waals surface area contributed by atoms with Gasteiger partial charge in [-0.05, 0) is 11.8 Å². The standard InChI is InChI=1S/C10H21NO2.ClH/c1-5-6-7-10(11,8(12)13)9(2,3)4;/h5-7,11H2,1-4H3,(H,12,13);1H. The van der Waals surface area contributed by atoms with Gasteiger partial charge in [-0.25, -0.2) is 0 Å². The van der Waals surface area contributed by atoms with Crippen LogP contribution in [0.2, 0.25) is 0 Å². The molecule has 1 atom stereocenters. The number of aliphatic carboxylic acids is 1. The summed E-state index contributed by atoms with van der Waals surface area (Å²) in [5.41, 5.74) is 4.42. The monoisotopic (exact) mass is 223 g/mol. The van der Waals surface area contributed by atoms with Crippen LogP contribution in [0.5, 0.6) is 0 Å². The molecule has 0 heterocycles. The molecule has 0 aliphatic rings. The largest absolute Gasteiger partial charge is 0.480 e. The third-order valence-electron chi connectivity index (χ3n) is 2.64. The van der Waals surface area contributed by atoms with Crippen molar-refractivity contribution in [3.05, 3.63) is 0 Å². The molecule has 0 amide bonds. The minimum absolute atomic E-state index is 0. The van der Waals surface area contributed by atoms with Crippen molar-refractivity contribution in [2.24, 2.45) is 11.1 Å². The molecule has 0 fully saturated rings. The molecule has 0 saturated heterocycles. The van der Waals surface area contributed by atoms with Crippen LogP contribution in [0.25, 0.3) is 0 Å². The maximum absolute atomic E-state index is 11.0. The summed E-state index contributed by atoms with van der Waals surface area (Å²) in [4.78, 5) is 11.0. The zero-order valence-electron chi connectivity index (χ0n) is 9.46. The van der Waals surface area contributed by atoms with Crippen LogP contribution < -0.4 is 5.73 Å². The molecule has 14 heavy (non-hydrogen) atoms. The van der Waals surface area contributed by atoms with Crippen LogP contribution in [0.15, 0.2) is 0 Å². The molecular weight excluding hydrogens is 202 g/mol. The molecule has 0 aliphatic heterocycles. The van der Waals surface area contributed by atoms with Gasteiger partial charge in [0.1, 0.15) is 5.54 Å². The Morgan fingerprint density at radius 3 is 2.00 bits per heavy atom. The Morgan fingerprint density at radius 1 is 1.36 bits per heavy atom. The third-order valence-corrected chi connectivity index (χ3v) is 2.64. The van der Waals surface area contributed by atoms with Gasteiger partial charge in [0.25, 0.3) is 0 Å². The van der Waals surface area contributed by atoms with Gasteiger partial charge < -0.3 is 10.8 Å². The van der Waals surface area contributed by atoms with E-state index in [1.807, 2.05) is 27.7 Å². The topological polar surface area (TPSA) is 63.3 Å². The molecule has 0 rings (SSSR count). The van der Waals surface area contributed by atoms with E-state index in [0.717, 1.165) is 12.8 Å². The van der Waals surface area contributed by atoms with Crippen LogP contribution >= 0.6 is 12.4 Å². The molecule has 0 radical (unpaired) electrons. The quantitative estimate of drug-likeness (QED) is 0.770. The smallest absolute Gasteiger partial charge is 0.324 e. The molecule has 4 heteroatoms. The first kappa shape index (κ1) is 16.2. The number of rotatable bonds is 4. The van der Waals surface area contributed by atoms with Crippen LogP contribution in [0.1, 0.15) is 47.0 Å². The fourth-order valence-electron chi connectivity index (χ4n) is 1.26. The maximum atomic E-state index is 11.0. The predicted octanol–water partition coefficient (Wildman–Crippen LogP) is 2.43. The lowest BCUT2D eigenvalue weighted by Gasteiger charge is -2.37. The Bertz CT molecular complexity index is 189. The number of carboxylic acids is 1. The van der Waals surface area contributed by atoms with Crippen LogP contribution in [0.3, 0.4) is 0 Å². The first-order chi connectivity index (χ1) is 5.75. The highest BCUT2D eigenvalue weighted by molar-refractivity contribution is 5.85. The van der Waals surface area contributed by atoms with Gasteiger partial charge in [-0.3, -0.25) is 4.79 Å². The summed E-state index contributed by atoms with van der Waals surface area (Å²) >= 11 is 0. The van der Waals surface area contributed by atoms with Crippen LogP contribution in [0, 0.1) is 5.41 Å². The van der Waals surface area contributed by atoms with Gasteiger partial charge in [-0.1, -0.05) is 40.5 Å². The highest BCUT2D eigenvalue weighted by atomic mass is 35.5. The van der Waals surface area contributed by atoms with Gasteiger partial charge in [0.15, 0.2) is 0 Å². The normalized spacial score (nSPS) is 15.5. The number of unbranched alkanes of at least 4 members (excludes halogenated alkanes) is 1. The van der Waals surface area contributed by atoms with Crippen LogP contribution in [0.4, 0.5) is 0 Å². The molecule has 0 aliphatic carbocycles. The summed E-state index contributed by atoms with van der Waals surface area (Å²) in [6.07, 6.45) is 2.38. The number of hydrogen-bond donors (Lipinski definition) is 2. The van der Waals surface area contributed by atoms with E-state index in [0.29, 0.717) is 6.42 Å². The minimum atomic E-state index is -1.09. The van der Waals surface area contributed by atoms with Crippen molar-refractivity contribution in [2.75, 3.05) is 0 Å². The number of hydrogen-bond acceptors (Lipinski definition) is 2. The van der Waals surface area contributed by atoms with Gasteiger partial charge in [-0.2, -0.15) is 0 Å². The third kappa shape index (κ3) is 3.46. The maximum Gasteiger partial charge on any atom is 0.324 e. The molecule has 3 nitrogen and oxygen atoms in total. The molecule has 0 aromatic heterocycles. The summed E-state index contributed by atoms with van der Waals surface area (Å²) in [6, 6.07) is 0. The lowest BCUT2D eigenvalue weighted by molar-refractivity contribution is -0.148. The molecular formula is C10H22ClNO2. The van der Waals surface area contributed by atoms with Crippen molar-refractivity contribution in [1.82, 2.24) is 0 Å². The van der Waals surface area contributed by atoms with E-state index in [2.05, 4.69) is 0 Å². The first-order valence-corrected chi connectivity index (χ1v) is 4.78. The van der Waals surface area contributed by atoms with Crippen LogP contribution in [-0.2, 0) is 4.79 Å². The minimum Gasteiger partial charge on any atom is -0.480 e. The van der Waals surface area contributed by atoms with Gasteiger partial charge in [0.2, 0.25) is 0 Å². The lowest BCUT2D eigenvalue weighted by Crippen LogP contribution is -2.57. The Hall–Kier alpha value is -0.280. The van der Waals surface area contributed by atoms with Crippen molar-refractivity contribution in [2.45, 2.75) is 52.5 Å². The van der Waals surface area contributed by atoms with Gasteiger partial charge in [0.05, 0.1) is 0 Å². The summed E-state index contributed by atoms with van der Waals surface area (Å²) in [6.45, 7) is 7.65. The van der Waals surface area contributed by atoms with E-state index >= 15 is 0 Å². The Morgan fingerprint density at radius 2 is 1.79 bits per heavy atom. The van der Waals surface area contributed by atoms with E-state index in [-0.39, 0.29) is 12.4 Å². The molecule has 0 aromatic rings. The highest BCUT2D eigenvalue weighted by Crippen LogP contribution is 2.32. The summed E-state index contributed by atoms with van der Waals surface area (Å²) in [5, 5.41) is 9.07. The van der Waals surface area contributed by atoms with Crippen molar-refractivity contribution in [3.8, 4) is 0 Å². The molecule has 0 aromatic carbocycles. The molecule has 1 unspecified atom stereocenters. The SMILES string of the molecule is CCCCC(N)(C(=O)O)C(C)(C)C.Cl. The summed E-state index contributed by atoms with van der Waals surface area (Å²) in [5.74, 6) is -0.895. The Kier molecular flexibility index (Phi) is 6.42. The van der Waals surface area contributed by atoms with Crippen molar-refractivity contribution >= 4 is 18.4 Å². The molecule has 3 N–H and O–H groups in total. The number of halogens is 1. The predicted molar refractivity (Wildman–Crippen MR) is 60.8 cm³/mol. The second-order valence-electron chi connectivity index (χ2n) is 4.63.